The minimum absolute atomic E-state index is 0.0224. The number of carbonyl (C=O) groups is 2. The van der Waals surface area contributed by atoms with Gasteiger partial charge in [-0.1, -0.05) is 12.1 Å². The fraction of sp³-hybridized carbons (Fsp3) is 0.500. The first-order valence-electron chi connectivity index (χ1n) is 7.43. The molecule has 0 N–H and O–H groups in total. The Morgan fingerprint density at radius 1 is 1.33 bits per heavy atom. The van der Waals surface area contributed by atoms with Crippen LogP contribution in [0.25, 0.3) is 0 Å². The molecule has 0 bridgehead atoms. The number of carbonyl (C=O) groups excluding carboxylic acids is 2. The Bertz CT molecular complexity index is 558. The highest BCUT2D eigenvalue weighted by Gasteiger charge is 2.50. The van der Waals surface area contributed by atoms with Crippen LogP contribution >= 0.6 is 0 Å². The normalized spacial score (nSPS) is 24.8. The highest BCUT2D eigenvalue weighted by molar-refractivity contribution is 6.00. The number of ether oxygens (including phenoxy) is 1. The number of fused-ring (bicyclic) bond motifs is 1. The Kier molecular flexibility index (Phi) is 3.68. The van der Waals surface area contributed by atoms with Crippen molar-refractivity contribution in [2.45, 2.75) is 45.1 Å². The molecule has 2 saturated heterocycles. The van der Waals surface area contributed by atoms with Crippen molar-refractivity contribution < 1.29 is 14.3 Å². The van der Waals surface area contributed by atoms with E-state index in [0.717, 1.165) is 25.7 Å². The van der Waals surface area contributed by atoms with Crippen LogP contribution in [0.4, 0.5) is 10.5 Å². The van der Waals surface area contributed by atoms with Crippen molar-refractivity contribution in [3.63, 3.8) is 0 Å². The third-order valence-electron chi connectivity index (χ3n) is 4.07. The largest absolute Gasteiger partial charge is 0.353 e. The molecule has 2 heterocycles. The molecule has 0 radical (unpaired) electrons. The summed E-state index contributed by atoms with van der Waals surface area (Å²) < 4.78 is 6.01. The monoisotopic (exact) mass is 288 g/mol. The number of hydrogen-bond donors (Lipinski definition) is 0. The van der Waals surface area contributed by atoms with Gasteiger partial charge in [-0.15, -0.1) is 0 Å². The van der Waals surface area contributed by atoms with Crippen LogP contribution in [0.1, 0.15) is 37.0 Å². The van der Waals surface area contributed by atoms with E-state index in [1.165, 1.54) is 0 Å². The van der Waals surface area contributed by atoms with Crippen molar-refractivity contribution in [1.82, 2.24) is 4.90 Å². The predicted octanol–water partition coefficient (Wildman–Crippen LogP) is 2.65. The van der Waals surface area contributed by atoms with Gasteiger partial charge in [0.15, 0.2) is 12.5 Å². The Morgan fingerprint density at radius 2 is 2.10 bits per heavy atom. The number of benzene rings is 1. The number of nitrogens with zero attached hydrogens (tertiary/aromatic N) is 2. The highest BCUT2D eigenvalue weighted by atomic mass is 16.5. The molecule has 0 unspecified atom stereocenters. The van der Waals surface area contributed by atoms with Crippen LogP contribution in [-0.4, -0.2) is 42.1 Å². The topological polar surface area (TPSA) is 49.9 Å². The molecule has 1 aromatic rings. The van der Waals surface area contributed by atoms with Crippen molar-refractivity contribution in [1.29, 1.82) is 0 Å². The van der Waals surface area contributed by atoms with Gasteiger partial charge in [-0.05, 0) is 38.8 Å². The molecule has 112 valence electrons. The van der Waals surface area contributed by atoms with Gasteiger partial charge in [0.2, 0.25) is 0 Å². The van der Waals surface area contributed by atoms with E-state index in [-0.39, 0.29) is 24.4 Å². The molecule has 2 atom stereocenters. The first kappa shape index (κ1) is 14.1. The molecule has 5 nitrogen and oxygen atoms in total. The Balaban J connectivity index is 2.01. The summed E-state index contributed by atoms with van der Waals surface area (Å²) in [5.41, 5.74) is 1.15. The van der Waals surface area contributed by atoms with Gasteiger partial charge < -0.3 is 9.64 Å². The van der Waals surface area contributed by atoms with E-state index in [0.29, 0.717) is 11.3 Å². The minimum atomic E-state index is -0.318. The van der Waals surface area contributed by atoms with E-state index in [1.54, 1.807) is 23.1 Å². The second-order valence-electron chi connectivity index (χ2n) is 5.81. The second-order valence-corrected chi connectivity index (χ2v) is 5.81. The van der Waals surface area contributed by atoms with Crippen molar-refractivity contribution >= 4 is 18.0 Å². The van der Waals surface area contributed by atoms with Crippen molar-refractivity contribution in [2.24, 2.45) is 0 Å². The summed E-state index contributed by atoms with van der Waals surface area (Å²) in [4.78, 5) is 27.5. The number of para-hydroxylation sites is 1. The van der Waals surface area contributed by atoms with Gasteiger partial charge in [-0.25, -0.2) is 4.79 Å². The molecule has 0 aliphatic carbocycles. The molecule has 2 amide bonds. The van der Waals surface area contributed by atoms with Crippen LogP contribution < -0.4 is 4.90 Å². The lowest BCUT2D eigenvalue weighted by molar-refractivity contribution is -0.00480. The minimum Gasteiger partial charge on any atom is -0.353 e. The quantitative estimate of drug-likeness (QED) is 0.800. The molecule has 21 heavy (non-hydrogen) atoms. The summed E-state index contributed by atoms with van der Waals surface area (Å²) in [6.07, 6.45) is 2.45. The van der Waals surface area contributed by atoms with E-state index < -0.39 is 0 Å². The number of amides is 2. The lowest BCUT2D eigenvalue weighted by Crippen LogP contribution is -2.41. The van der Waals surface area contributed by atoms with Gasteiger partial charge in [-0.2, -0.15) is 0 Å². The third-order valence-corrected chi connectivity index (χ3v) is 4.07. The van der Waals surface area contributed by atoms with E-state index in [1.807, 2.05) is 24.8 Å². The molecule has 3 rings (SSSR count). The van der Waals surface area contributed by atoms with E-state index in [4.69, 9.17) is 4.74 Å². The molecule has 0 saturated carbocycles. The first-order chi connectivity index (χ1) is 10.1. The zero-order valence-corrected chi connectivity index (χ0v) is 12.4. The van der Waals surface area contributed by atoms with Crippen LogP contribution in [0.3, 0.4) is 0 Å². The Morgan fingerprint density at radius 3 is 2.81 bits per heavy atom. The maximum absolute atomic E-state index is 12.7. The molecule has 0 aromatic heterocycles. The van der Waals surface area contributed by atoms with Crippen molar-refractivity contribution in [2.75, 3.05) is 11.4 Å². The predicted molar refractivity (Wildman–Crippen MR) is 79.4 cm³/mol. The van der Waals surface area contributed by atoms with Crippen LogP contribution in [0.15, 0.2) is 24.3 Å². The fourth-order valence-corrected chi connectivity index (χ4v) is 3.22. The fourth-order valence-electron chi connectivity index (χ4n) is 3.22. The van der Waals surface area contributed by atoms with Gasteiger partial charge in [0.25, 0.3) is 0 Å². The summed E-state index contributed by atoms with van der Waals surface area (Å²) in [6, 6.07) is 7.20. The number of anilines is 1. The second kappa shape index (κ2) is 5.48. The summed E-state index contributed by atoms with van der Waals surface area (Å²) in [7, 11) is 0. The van der Waals surface area contributed by atoms with E-state index in [9.17, 15) is 9.59 Å². The standard InChI is InChI=1S/C16H20N2O3/c1-11(2)21-15-14-8-5-9-17(14)16(20)18(15)13-7-4-3-6-12(13)10-19/h3-4,6-7,10-11,14-15H,5,8-9H2,1-2H3/t14-,15+/m0/s1. The van der Waals surface area contributed by atoms with Crippen LogP contribution in [-0.2, 0) is 4.74 Å². The molecule has 2 fully saturated rings. The van der Waals surface area contributed by atoms with Crippen LogP contribution in [0.5, 0.6) is 0 Å². The number of urea groups is 1. The molecule has 2 aliphatic heterocycles. The van der Waals surface area contributed by atoms with Crippen molar-refractivity contribution in [3.8, 4) is 0 Å². The van der Waals surface area contributed by atoms with E-state index >= 15 is 0 Å². The van der Waals surface area contributed by atoms with Gasteiger partial charge in [0.1, 0.15) is 0 Å². The van der Waals surface area contributed by atoms with Crippen LogP contribution in [0, 0.1) is 0 Å². The summed E-state index contributed by atoms with van der Waals surface area (Å²) in [6.45, 7) is 4.69. The zero-order chi connectivity index (χ0) is 15.0. The number of hydrogen-bond acceptors (Lipinski definition) is 3. The molecule has 1 aromatic carbocycles. The van der Waals surface area contributed by atoms with Crippen LogP contribution in [0.2, 0.25) is 0 Å². The third kappa shape index (κ3) is 2.31. The molecular formula is C16H20N2O3. The van der Waals surface area contributed by atoms with Gasteiger partial charge in [0, 0.05) is 12.1 Å². The SMILES string of the molecule is CC(C)O[C@@H]1[C@@H]2CCCN2C(=O)N1c1ccccc1C=O. The van der Waals surface area contributed by atoms with Gasteiger partial charge in [-0.3, -0.25) is 9.69 Å². The lowest BCUT2D eigenvalue weighted by Gasteiger charge is -2.28. The van der Waals surface area contributed by atoms with Crippen molar-refractivity contribution in [3.05, 3.63) is 29.8 Å². The number of aldehydes is 1. The zero-order valence-electron chi connectivity index (χ0n) is 12.4. The molecule has 2 aliphatic rings. The highest BCUT2D eigenvalue weighted by Crippen LogP contribution is 2.37. The summed E-state index contributed by atoms with van der Waals surface area (Å²) in [5.74, 6) is 0. The first-order valence-corrected chi connectivity index (χ1v) is 7.43. The maximum atomic E-state index is 12.7. The average Bonchev–Trinajstić information content (AvgIpc) is 3.03. The maximum Gasteiger partial charge on any atom is 0.327 e. The Labute approximate surface area is 124 Å². The molecule has 0 spiro atoms. The van der Waals surface area contributed by atoms with Gasteiger partial charge in [0.05, 0.1) is 17.8 Å². The molecular weight excluding hydrogens is 268 g/mol. The summed E-state index contributed by atoms with van der Waals surface area (Å²) >= 11 is 0. The average molecular weight is 288 g/mol. The Hall–Kier alpha value is -1.88. The smallest absolute Gasteiger partial charge is 0.327 e. The number of rotatable bonds is 4. The lowest BCUT2D eigenvalue weighted by atomic mass is 10.1. The van der Waals surface area contributed by atoms with E-state index in [2.05, 4.69) is 0 Å². The molecule has 5 heteroatoms. The van der Waals surface area contributed by atoms with Gasteiger partial charge >= 0.3 is 6.03 Å². The summed E-state index contributed by atoms with van der Waals surface area (Å²) in [5, 5.41) is 0.